The molecule has 5 heteroatoms. The number of likely N-dealkylation sites (N-methyl/N-ethyl adjacent to an activating group) is 1. The summed E-state index contributed by atoms with van der Waals surface area (Å²) in [6, 6.07) is 17.6. The molecule has 5 nitrogen and oxygen atoms in total. The maximum atomic E-state index is 13.2. The number of hydrogen-bond acceptors (Lipinski definition) is 4. The van der Waals surface area contributed by atoms with Crippen LogP contribution in [0.15, 0.2) is 54.6 Å². The topological polar surface area (TPSA) is 36.0 Å². The molecule has 0 atom stereocenters. The van der Waals surface area contributed by atoms with Gasteiger partial charge < -0.3 is 14.5 Å². The lowest BCUT2D eigenvalue weighted by atomic mass is 10.1. The second-order valence-corrected chi connectivity index (χ2v) is 7.09. The number of rotatable bonds is 7. The normalized spacial score (nSPS) is 15.5. The Morgan fingerprint density at radius 3 is 2.48 bits per heavy atom. The monoisotopic (exact) mass is 367 g/mol. The van der Waals surface area contributed by atoms with Gasteiger partial charge in [0.15, 0.2) is 0 Å². The Morgan fingerprint density at radius 1 is 1.04 bits per heavy atom. The summed E-state index contributed by atoms with van der Waals surface area (Å²) in [6.45, 7) is 6.52. The Labute approximate surface area is 162 Å². The lowest BCUT2D eigenvalue weighted by Gasteiger charge is -2.34. The minimum absolute atomic E-state index is 0.0480. The SMILES string of the molecule is COc1cccc(C(=O)N(CCN2CCN(C)CC2)Cc2ccccc2)c1. The summed E-state index contributed by atoms with van der Waals surface area (Å²) in [6.07, 6.45) is 0. The van der Waals surface area contributed by atoms with E-state index in [9.17, 15) is 4.79 Å². The van der Waals surface area contributed by atoms with Gasteiger partial charge in [-0.15, -0.1) is 0 Å². The van der Waals surface area contributed by atoms with Gasteiger partial charge >= 0.3 is 0 Å². The first-order valence-electron chi connectivity index (χ1n) is 9.54. The Kier molecular flexibility index (Phi) is 6.85. The van der Waals surface area contributed by atoms with Crippen molar-refractivity contribution in [1.29, 1.82) is 0 Å². The van der Waals surface area contributed by atoms with E-state index in [1.54, 1.807) is 7.11 Å². The third-order valence-electron chi connectivity index (χ3n) is 5.10. The number of piperazine rings is 1. The van der Waals surface area contributed by atoms with E-state index < -0.39 is 0 Å². The predicted octanol–water partition coefficient (Wildman–Crippen LogP) is 2.58. The summed E-state index contributed by atoms with van der Waals surface area (Å²) in [5.41, 5.74) is 1.82. The van der Waals surface area contributed by atoms with Crippen LogP contribution in [0.5, 0.6) is 5.75 Å². The number of amides is 1. The van der Waals surface area contributed by atoms with Gasteiger partial charge in [-0.1, -0.05) is 36.4 Å². The highest BCUT2D eigenvalue weighted by atomic mass is 16.5. The number of carbonyl (C=O) groups is 1. The lowest BCUT2D eigenvalue weighted by molar-refractivity contribution is 0.0700. The molecule has 0 aliphatic carbocycles. The maximum Gasteiger partial charge on any atom is 0.254 e. The van der Waals surface area contributed by atoms with Crippen molar-refractivity contribution in [1.82, 2.24) is 14.7 Å². The van der Waals surface area contributed by atoms with Crippen molar-refractivity contribution in [2.45, 2.75) is 6.54 Å². The summed E-state index contributed by atoms with van der Waals surface area (Å²) in [5, 5.41) is 0. The zero-order valence-electron chi connectivity index (χ0n) is 16.3. The molecule has 144 valence electrons. The van der Waals surface area contributed by atoms with Crippen molar-refractivity contribution in [3.8, 4) is 5.75 Å². The van der Waals surface area contributed by atoms with Crippen molar-refractivity contribution in [2.24, 2.45) is 0 Å². The molecule has 2 aromatic carbocycles. The fraction of sp³-hybridized carbons (Fsp3) is 0.409. The predicted molar refractivity (Wildman–Crippen MR) is 108 cm³/mol. The molecule has 0 N–H and O–H groups in total. The van der Waals surface area contributed by atoms with Crippen LogP contribution in [0.2, 0.25) is 0 Å². The van der Waals surface area contributed by atoms with Crippen LogP contribution in [0.3, 0.4) is 0 Å². The van der Waals surface area contributed by atoms with E-state index in [4.69, 9.17) is 4.74 Å². The second kappa shape index (κ2) is 9.53. The molecule has 0 spiro atoms. The third kappa shape index (κ3) is 5.55. The number of hydrogen-bond donors (Lipinski definition) is 0. The summed E-state index contributed by atoms with van der Waals surface area (Å²) in [4.78, 5) is 19.9. The Hall–Kier alpha value is -2.37. The Balaban J connectivity index is 1.71. The van der Waals surface area contributed by atoms with Crippen LogP contribution in [-0.2, 0) is 6.54 Å². The number of nitrogens with zero attached hydrogens (tertiary/aromatic N) is 3. The fourth-order valence-corrected chi connectivity index (χ4v) is 3.33. The van der Waals surface area contributed by atoms with Gasteiger partial charge in [0.05, 0.1) is 7.11 Å². The van der Waals surface area contributed by atoms with Crippen molar-refractivity contribution < 1.29 is 9.53 Å². The molecule has 3 rings (SSSR count). The van der Waals surface area contributed by atoms with E-state index in [0.29, 0.717) is 24.4 Å². The average Bonchev–Trinajstić information content (AvgIpc) is 2.72. The molecule has 0 aromatic heterocycles. The van der Waals surface area contributed by atoms with Crippen LogP contribution in [0.1, 0.15) is 15.9 Å². The molecule has 0 saturated carbocycles. The van der Waals surface area contributed by atoms with Crippen molar-refractivity contribution in [3.63, 3.8) is 0 Å². The molecule has 1 amide bonds. The lowest BCUT2D eigenvalue weighted by Crippen LogP contribution is -2.47. The zero-order valence-corrected chi connectivity index (χ0v) is 16.3. The van der Waals surface area contributed by atoms with Crippen molar-refractivity contribution >= 4 is 5.91 Å². The summed E-state index contributed by atoms with van der Waals surface area (Å²) < 4.78 is 5.28. The number of ether oxygens (including phenoxy) is 1. The first kappa shape index (κ1) is 19.4. The fourth-order valence-electron chi connectivity index (χ4n) is 3.33. The Morgan fingerprint density at radius 2 is 1.78 bits per heavy atom. The van der Waals surface area contributed by atoms with Gasteiger partial charge in [-0.3, -0.25) is 9.69 Å². The van der Waals surface area contributed by atoms with Gasteiger partial charge in [0.1, 0.15) is 5.75 Å². The minimum atomic E-state index is 0.0480. The van der Waals surface area contributed by atoms with Crippen LogP contribution in [0, 0.1) is 0 Å². The van der Waals surface area contributed by atoms with Crippen LogP contribution < -0.4 is 4.74 Å². The second-order valence-electron chi connectivity index (χ2n) is 7.09. The van der Waals surface area contributed by atoms with E-state index in [0.717, 1.165) is 38.3 Å². The highest BCUT2D eigenvalue weighted by Gasteiger charge is 2.19. The standard InChI is InChI=1S/C22H29N3O2/c1-23-11-13-24(14-12-23)15-16-25(18-19-7-4-3-5-8-19)22(26)20-9-6-10-21(17-20)27-2/h3-10,17H,11-16,18H2,1-2H3. The largest absolute Gasteiger partial charge is 0.497 e. The smallest absolute Gasteiger partial charge is 0.254 e. The molecule has 27 heavy (non-hydrogen) atoms. The van der Waals surface area contributed by atoms with Gasteiger partial charge in [-0.2, -0.15) is 0 Å². The molecule has 0 radical (unpaired) electrons. The van der Waals surface area contributed by atoms with Crippen LogP contribution in [0.25, 0.3) is 0 Å². The highest BCUT2D eigenvalue weighted by Crippen LogP contribution is 2.16. The number of methoxy groups -OCH3 is 1. The first-order valence-corrected chi connectivity index (χ1v) is 9.54. The Bertz CT molecular complexity index is 727. The van der Waals surface area contributed by atoms with Crippen LogP contribution in [-0.4, -0.2) is 74.0 Å². The molecule has 1 heterocycles. The highest BCUT2D eigenvalue weighted by molar-refractivity contribution is 5.94. The first-order chi connectivity index (χ1) is 13.2. The average molecular weight is 367 g/mol. The van der Waals surface area contributed by atoms with E-state index in [2.05, 4.69) is 29.0 Å². The molecule has 2 aromatic rings. The van der Waals surface area contributed by atoms with Gasteiger partial charge in [0, 0.05) is 51.4 Å². The van der Waals surface area contributed by atoms with E-state index >= 15 is 0 Å². The van der Waals surface area contributed by atoms with Gasteiger partial charge in [0.25, 0.3) is 5.91 Å². The molecule has 1 aliphatic rings. The molecule has 0 unspecified atom stereocenters. The van der Waals surface area contributed by atoms with E-state index in [1.165, 1.54) is 0 Å². The van der Waals surface area contributed by atoms with Crippen molar-refractivity contribution in [2.75, 3.05) is 53.4 Å². The summed E-state index contributed by atoms with van der Waals surface area (Å²) in [7, 11) is 3.78. The van der Waals surface area contributed by atoms with E-state index in [-0.39, 0.29) is 5.91 Å². The molecular formula is C22H29N3O2. The summed E-state index contributed by atoms with van der Waals surface area (Å²) in [5.74, 6) is 0.756. The minimum Gasteiger partial charge on any atom is -0.497 e. The quantitative estimate of drug-likeness (QED) is 0.754. The molecule has 0 bridgehead atoms. The van der Waals surface area contributed by atoms with Gasteiger partial charge in [0.2, 0.25) is 0 Å². The summed E-state index contributed by atoms with van der Waals surface area (Å²) >= 11 is 0. The van der Waals surface area contributed by atoms with Crippen molar-refractivity contribution in [3.05, 3.63) is 65.7 Å². The molecular weight excluding hydrogens is 338 g/mol. The molecule has 1 saturated heterocycles. The third-order valence-corrected chi connectivity index (χ3v) is 5.10. The molecule has 1 aliphatic heterocycles. The molecule has 1 fully saturated rings. The van der Waals surface area contributed by atoms with E-state index in [1.807, 2.05) is 47.4 Å². The number of carbonyl (C=O) groups excluding carboxylic acids is 1. The van der Waals surface area contributed by atoms with Crippen LogP contribution >= 0.6 is 0 Å². The maximum absolute atomic E-state index is 13.2. The number of benzene rings is 2. The van der Waals surface area contributed by atoms with Gasteiger partial charge in [-0.05, 0) is 30.8 Å². The van der Waals surface area contributed by atoms with Gasteiger partial charge in [-0.25, -0.2) is 0 Å². The zero-order chi connectivity index (χ0) is 19.1. The van der Waals surface area contributed by atoms with Crippen LogP contribution in [0.4, 0.5) is 0 Å².